The molecule has 76 valence electrons. The predicted molar refractivity (Wildman–Crippen MR) is 55.7 cm³/mol. The Kier molecular flexibility index (Phi) is 3.91. The highest BCUT2D eigenvalue weighted by Gasteiger charge is 2.07. The Morgan fingerprint density at radius 1 is 1.71 bits per heavy atom. The van der Waals surface area contributed by atoms with Gasteiger partial charge in [0.05, 0.1) is 6.61 Å². The zero-order chi connectivity index (χ0) is 10.6. The molecule has 4 nitrogen and oxygen atoms in total. The summed E-state index contributed by atoms with van der Waals surface area (Å²) in [6, 6.07) is 1.72. The molecule has 0 bridgehead atoms. The maximum atomic E-state index is 11.0. The fraction of sp³-hybridized carbons (Fsp3) is 0.333. The number of aromatic nitrogens is 1. The molecular weight excluding hydrogens is 200 g/mol. The zero-order valence-corrected chi connectivity index (χ0v) is 8.67. The molecule has 0 unspecified atom stereocenters. The van der Waals surface area contributed by atoms with E-state index in [-0.39, 0.29) is 12.3 Å². The fourth-order valence-electron chi connectivity index (χ4n) is 1.13. The molecule has 14 heavy (non-hydrogen) atoms. The Morgan fingerprint density at radius 3 is 3.00 bits per heavy atom. The second-order valence-corrected chi connectivity index (χ2v) is 3.68. The van der Waals surface area contributed by atoms with Gasteiger partial charge < -0.3 is 15.7 Å². The second kappa shape index (κ2) is 4.97. The van der Waals surface area contributed by atoms with E-state index in [2.05, 4.69) is 0 Å². The second-order valence-electron chi connectivity index (χ2n) is 2.84. The summed E-state index contributed by atoms with van der Waals surface area (Å²) < 4.78 is 0.708. The van der Waals surface area contributed by atoms with Crippen molar-refractivity contribution in [2.24, 2.45) is 0 Å². The summed E-state index contributed by atoms with van der Waals surface area (Å²) in [7, 11) is 0. The van der Waals surface area contributed by atoms with Crippen molar-refractivity contribution in [2.45, 2.75) is 11.3 Å². The lowest BCUT2D eigenvalue weighted by atomic mass is 10.1. The first kappa shape index (κ1) is 11.0. The van der Waals surface area contributed by atoms with Gasteiger partial charge in [0.25, 0.3) is 0 Å². The Bertz CT molecular complexity index is 342. The lowest BCUT2D eigenvalue weighted by Gasteiger charge is -2.06. The summed E-state index contributed by atoms with van der Waals surface area (Å²) in [5.41, 5.74) is 1.00. The molecule has 0 spiro atoms. The van der Waals surface area contributed by atoms with Crippen molar-refractivity contribution in [3.63, 3.8) is 0 Å². The molecule has 1 rings (SSSR count). The van der Waals surface area contributed by atoms with Gasteiger partial charge in [-0.1, -0.05) is 0 Å². The molecule has 1 heterocycles. The average Bonchev–Trinajstić information content (AvgIpc) is 2.18. The van der Waals surface area contributed by atoms with Crippen LogP contribution in [0.15, 0.2) is 23.4 Å². The van der Waals surface area contributed by atoms with Crippen LogP contribution in [0, 0.1) is 10.6 Å². The molecule has 0 atom stereocenters. The molecule has 5 heteroatoms. The number of aliphatic hydroxyl groups excluding tert-OH is 1. The lowest BCUT2D eigenvalue weighted by molar-refractivity contribution is -0.606. The van der Waals surface area contributed by atoms with E-state index in [4.69, 9.17) is 10.5 Å². The molecule has 0 fully saturated rings. The third kappa shape index (κ3) is 2.71. The SMILES string of the molecule is CSc1cc[n+]([O-])cc1CC(=N)CO. The minimum atomic E-state index is -0.262. The molecule has 0 aliphatic carbocycles. The van der Waals surface area contributed by atoms with Gasteiger partial charge in [-0.2, -0.15) is 4.73 Å². The van der Waals surface area contributed by atoms with Gasteiger partial charge in [0, 0.05) is 28.7 Å². The smallest absolute Gasteiger partial charge is 0.185 e. The Morgan fingerprint density at radius 2 is 2.43 bits per heavy atom. The Labute approximate surface area is 86.7 Å². The molecule has 0 aromatic carbocycles. The molecule has 0 amide bonds. The number of hydrogen-bond donors (Lipinski definition) is 2. The average molecular weight is 212 g/mol. The number of nitrogens with zero attached hydrogens (tertiary/aromatic N) is 1. The summed E-state index contributed by atoms with van der Waals surface area (Å²) in [6.45, 7) is -0.262. The van der Waals surface area contributed by atoms with Gasteiger partial charge in [0.1, 0.15) is 0 Å². The van der Waals surface area contributed by atoms with Crippen LogP contribution in [-0.4, -0.2) is 23.7 Å². The van der Waals surface area contributed by atoms with E-state index >= 15 is 0 Å². The first-order chi connectivity index (χ1) is 6.67. The molecule has 0 saturated carbocycles. The van der Waals surface area contributed by atoms with Gasteiger partial charge >= 0.3 is 0 Å². The number of aliphatic hydroxyl groups is 1. The number of hydrogen-bond acceptors (Lipinski definition) is 4. The molecular formula is C9H12N2O2S. The number of nitrogens with one attached hydrogen (secondary N) is 1. The minimum Gasteiger partial charge on any atom is -0.619 e. The van der Waals surface area contributed by atoms with Crippen molar-refractivity contribution in [3.05, 3.63) is 29.2 Å². The van der Waals surface area contributed by atoms with Gasteiger partial charge in [-0.05, 0) is 6.26 Å². The Hall–Kier alpha value is -1.07. The van der Waals surface area contributed by atoms with Crippen LogP contribution in [0.3, 0.4) is 0 Å². The van der Waals surface area contributed by atoms with E-state index in [9.17, 15) is 5.21 Å². The monoisotopic (exact) mass is 212 g/mol. The van der Waals surface area contributed by atoms with Crippen LogP contribution >= 0.6 is 11.8 Å². The van der Waals surface area contributed by atoms with Crippen molar-refractivity contribution in [3.8, 4) is 0 Å². The maximum Gasteiger partial charge on any atom is 0.185 e. The zero-order valence-electron chi connectivity index (χ0n) is 7.86. The van der Waals surface area contributed by atoms with Crippen molar-refractivity contribution < 1.29 is 9.84 Å². The topological polar surface area (TPSA) is 71.0 Å². The normalized spacial score (nSPS) is 10.1. The van der Waals surface area contributed by atoms with Gasteiger partial charge in [-0.15, -0.1) is 11.8 Å². The third-order valence-corrected chi connectivity index (χ3v) is 2.63. The van der Waals surface area contributed by atoms with Gasteiger partial charge in [0.15, 0.2) is 12.4 Å². The van der Waals surface area contributed by atoms with E-state index < -0.39 is 0 Å². The standard InChI is InChI=1S/C9H12N2O2S/c1-14-9-2-3-11(13)5-7(9)4-8(10)6-12/h2-3,5,10,12H,4,6H2,1H3. The highest BCUT2D eigenvalue weighted by atomic mass is 32.2. The van der Waals surface area contributed by atoms with E-state index in [1.807, 2.05) is 6.26 Å². The summed E-state index contributed by atoms with van der Waals surface area (Å²) in [5.74, 6) is 0. The highest BCUT2D eigenvalue weighted by Crippen LogP contribution is 2.18. The van der Waals surface area contributed by atoms with E-state index in [0.717, 1.165) is 10.5 Å². The van der Waals surface area contributed by atoms with Gasteiger partial charge in [-0.3, -0.25) is 0 Å². The van der Waals surface area contributed by atoms with Crippen molar-refractivity contribution >= 4 is 17.5 Å². The first-order valence-electron chi connectivity index (χ1n) is 4.10. The van der Waals surface area contributed by atoms with E-state index in [1.54, 1.807) is 6.07 Å². The molecule has 0 saturated heterocycles. The van der Waals surface area contributed by atoms with Crippen LogP contribution in [0.5, 0.6) is 0 Å². The van der Waals surface area contributed by atoms with Crippen LogP contribution < -0.4 is 4.73 Å². The first-order valence-corrected chi connectivity index (χ1v) is 5.32. The number of thioether (sulfide) groups is 1. The number of pyridine rings is 1. The quantitative estimate of drug-likeness (QED) is 0.332. The fourth-order valence-corrected chi connectivity index (χ4v) is 1.71. The van der Waals surface area contributed by atoms with E-state index in [0.29, 0.717) is 11.2 Å². The maximum absolute atomic E-state index is 11.0. The van der Waals surface area contributed by atoms with Crippen LogP contribution in [0.25, 0.3) is 0 Å². The van der Waals surface area contributed by atoms with Gasteiger partial charge in [-0.25, -0.2) is 0 Å². The van der Waals surface area contributed by atoms with Crippen molar-refractivity contribution in [1.82, 2.24) is 0 Å². The highest BCUT2D eigenvalue weighted by molar-refractivity contribution is 7.98. The molecule has 0 aliphatic heterocycles. The molecule has 1 aromatic heterocycles. The van der Waals surface area contributed by atoms with Crippen molar-refractivity contribution in [2.75, 3.05) is 12.9 Å². The molecule has 1 aromatic rings. The third-order valence-electron chi connectivity index (χ3n) is 1.79. The predicted octanol–water partition coefficient (Wildman–Crippen LogP) is 0.596. The van der Waals surface area contributed by atoms with E-state index in [1.165, 1.54) is 24.2 Å². The van der Waals surface area contributed by atoms with Crippen molar-refractivity contribution in [1.29, 1.82) is 5.41 Å². The van der Waals surface area contributed by atoms with Crippen LogP contribution in [-0.2, 0) is 6.42 Å². The summed E-state index contributed by atoms with van der Waals surface area (Å²) >= 11 is 1.53. The van der Waals surface area contributed by atoms with Crippen LogP contribution in [0.4, 0.5) is 0 Å². The van der Waals surface area contributed by atoms with Gasteiger partial charge in [0.2, 0.25) is 0 Å². The molecule has 0 radical (unpaired) electrons. The Balaban J connectivity index is 2.93. The lowest BCUT2D eigenvalue weighted by Crippen LogP contribution is -2.26. The summed E-state index contributed by atoms with van der Waals surface area (Å²) in [4.78, 5) is 0.968. The summed E-state index contributed by atoms with van der Waals surface area (Å²) in [6.07, 6.45) is 5.11. The molecule has 0 aliphatic rings. The minimum absolute atomic E-state index is 0.214. The largest absolute Gasteiger partial charge is 0.619 e. The number of rotatable bonds is 4. The van der Waals surface area contributed by atoms with Crippen LogP contribution in [0.1, 0.15) is 5.56 Å². The summed E-state index contributed by atoms with van der Waals surface area (Å²) in [5, 5.41) is 27.1. The van der Waals surface area contributed by atoms with Crippen LogP contribution in [0.2, 0.25) is 0 Å². The molecule has 2 N–H and O–H groups in total.